The number of hydrogen-bond donors (Lipinski definition) is 0. The Morgan fingerprint density at radius 1 is 1.03 bits per heavy atom. The van der Waals surface area contributed by atoms with Crippen LogP contribution in [0, 0.1) is 0 Å². The summed E-state index contributed by atoms with van der Waals surface area (Å²) in [6.07, 6.45) is -1.85. The van der Waals surface area contributed by atoms with Gasteiger partial charge >= 0.3 is 6.18 Å². The summed E-state index contributed by atoms with van der Waals surface area (Å²) < 4.78 is 49.2. The first kappa shape index (κ1) is 21.1. The largest absolute Gasteiger partial charge is 0.493 e. The molecule has 2 heterocycles. The highest BCUT2D eigenvalue weighted by Gasteiger charge is 2.30. The van der Waals surface area contributed by atoms with Gasteiger partial charge in [0.2, 0.25) is 0 Å². The maximum absolute atomic E-state index is 12.8. The quantitative estimate of drug-likeness (QED) is 0.587. The van der Waals surface area contributed by atoms with Crippen LogP contribution in [-0.4, -0.2) is 35.6 Å². The van der Waals surface area contributed by atoms with E-state index in [1.807, 2.05) is 18.2 Å². The highest BCUT2D eigenvalue weighted by molar-refractivity contribution is 5.56. The molecule has 2 aromatic carbocycles. The summed E-state index contributed by atoms with van der Waals surface area (Å²) >= 11 is 0. The molecule has 162 valence electrons. The summed E-state index contributed by atoms with van der Waals surface area (Å²) in [4.78, 5) is 11.3. The monoisotopic (exact) mass is 429 g/mol. The minimum atomic E-state index is -4.36. The average molecular weight is 429 g/mol. The molecule has 0 fully saturated rings. The highest BCUT2D eigenvalue weighted by atomic mass is 19.4. The minimum absolute atomic E-state index is 0.440. The fraction of sp³-hybridized carbons (Fsp3) is 0.304. The van der Waals surface area contributed by atoms with Crippen LogP contribution in [0.25, 0.3) is 11.4 Å². The van der Waals surface area contributed by atoms with Gasteiger partial charge in [-0.3, -0.25) is 4.90 Å². The number of methoxy groups -OCH3 is 2. The van der Waals surface area contributed by atoms with Gasteiger partial charge in [-0.25, -0.2) is 9.97 Å². The van der Waals surface area contributed by atoms with E-state index in [2.05, 4.69) is 14.9 Å². The first-order valence-corrected chi connectivity index (χ1v) is 9.83. The fourth-order valence-electron chi connectivity index (χ4n) is 3.78. The van der Waals surface area contributed by atoms with E-state index in [4.69, 9.17) is 9.47 Å². The summed E-state index contributed by atoms with van der Waals surface area (Å²) in [6, 6.07) is 10.8. The van der Waals surface area contributed by atoms with Crippen molar-refractivity contribution in [1.82, 2.24) is 14.9 Å². The van der Waals surface area contributed by atoms with Gasteiger partial charge in [0.1, 0.15) is 0 Å². The van der Waals surface area contributed by atoms with Gasteiger partial charge in [0.15, 0.2) is 17.3 Å². The predicted octanol–water partition coefficient (Wildman–Crippen LogP) is 4.74. The topological polar surface area (TPSA) is 47.5 Å². The third-order valence-corrected chi connectivity index (χ3v) is 5.36. The Kier molecular flexibility index (Phi) is 5.82. The molecule has 3 aromatic rings. The van der Waals surface area contributed by atoms with Crippen LogP contribution in [-0.2, 0) is 25.7 Å². The van der Waals surface area contributed by atoms with Crippen molar-refractivity contribution >= 4 is 0 Å². The van der Waals surface area contributed by atoms with Gasteiger partial charge in [0.25, 0.3) is 0 Å². The molecule has 5 nitrogen and oxygen atoms in total. The third kappa shape index (κ3) is 4.49. The second-order valence-electron chi connectivity index (χ2n) is 7.35. The molecule has 0 aliphatic carbocycles. The number of ether oxygens (including phenoxy) is 2. The Morgan fingerprint density at radius 2 is 1.81 bits per heavy atom. The first-order chi connectivity index (χ1) is 14.9. The van der Waals surface area contributed by atoms with E-state index in [-0.39, 0.29) is 0 Å². The molecule has 1 aromatic heterocycles. The molecule has 8 heteroatoms. The third-order valence-electron chi connectivity index (χ3n) is 5.36. The lowest BCUT2D eigenvalue weighted by molar-refractivity contribution is -0.137. The summed E-state index contributed by atoms with van der Waals surface area (Å²) in [5.41, 5.74) is 2.87. The van der Waals surface area contributed by atoms with E-state index in [1.54, 1.807) is 20.4 Å². The van der Waals surface area contributed by atoms with Gasteiger partial charge < -0.3 is 9.47 Å². The van der Waals surface area contributed by atoms with Crippen molar-refractivity contribution in [3.63, 3.8) is 0 Å². The van der Waals surface area contributed by atoms with Crippen LogP contribution >= 0.6 is 0 Å². The molecule has 1 aliphatic heterocycles. The molecule has 4 rings (SSSR count). The number of hydrogen-bond acceptors (Lipinski definition) is 5. The second-order valence-corrected chi connectivity index (χ2v) is 7.35. The van der Waals surface area contributed by atoms with Crippen molar-refractivity contribution < 1.29 is 22.6 Å². The fourth-order valence-corrected chi connectivity index (χ4v) is 3.78. The summed E-state index contributed by atoms with van der Waals surface area (Å²) in [6.45, 7) is 2.18. The summed E-state index contributed by atoms with van der Waals surface area (Å²) in [5.74, 6) is 1.86. The number of alkyl halides is 3. The molecule has 0 unspecified atom stereocenters. The molecule has 0 amide bonds. The first-order valence-electron chi connectivity index (χ1n) is 9.83. The van der Waals surface area contributed by atoms with Crippen molar-refractivity contribution in [2.24, 2.45) is 0 Å². The van der Waals surface area contributed by atoms with Gasteiger partial charge in [0.05, 0.1) is 25.5 Å². The van der Waals surface area contributed by atoms with Crippen molar-refractivity contribution in [2.75, 3.05) is 20.8 Å². The van der Waals surface area contributed by atoms with Gasteiger partial charge in [-0.05, 0) is 18.2 Å². The number of rotatable bonds is 5. The lowest BCUT2D eigenvalue weighted by atomic mass is 10.0. The zero-order valence-electron chi connectivity index (χ0n) is 17.2. The zero-order chi connectivity index (χ0) is 22.0. The zero-order valence-corrected chi connectivity index (χ0v) is 17.2. The lowest BCUT2D eigenvalue weighted by Gasteiger charge is -2.28. The van der Waals surface area contributed by atoms with Gasteiger partial charge in [-0.2, -0.15) is 13.2 Å². The molecular formula is C23H22F3N3O2. The van der Waals surface area contributed by atoms with Crippen molar-refractivity contribution in [2.45, 2.75) is 25.7 Å². The van der Waals surface area contributed by atoms with Crippen LogP contribution in [0.4, 0.5) is 13.2 Å². The molecule has 0 bridgehead atoms. The van der Waals surface area contributed by atoms with E-state index in [1.165, 1.54) is 12.1 Å². The van der Waals surface area contributed by atoms with Crippen LogP contribution in [0.3, 0.4) is 0 Å². The molecule has 0 spiro atoms. The summed E-state index contributed by atoms with van der Waals surface area (Å²) in [5, 5.41) is 0. The van der Waals surface area contributed by atoms with Crippen LogP contribution in [0.15, 0.2) is 48.7 Å². The van der Waals surface area contributed by atoms with Crippen molar-refractivity contribution in [3.8, 4) is 22.9 Å². The van der Waals surface area contributed by atoms with E-state index in [9.17, 15) is 13.2 Å². The van der Waals surface area contributed by atoms with Crippen LogP contribution < -0.4 is 9.47 Å². The maximum Gasteiger partial charge on any atom is 0.416 e. The average Bonchev–Trinajstić information content (AvgIpc) is 2.78. The molecule has 0 saturated carbocycles. The molecule has 0 radical (unpaired) electrons. The van der Waals surface area contributed by atoms with Crippen molar-refractivity contribution in [1.29, 1.82) is 0 Å². The number of para-hydroxylation sites is 1. The normalized spacial score (nSPS) is 14.2. The van der Waals surface area contributed by atoms with Crippen LogP contribution in [0.1, 0.15) is 22.4 Å². The molecule has 31 heavy (non-hydrogen) atoms. The van der Waals surface area contributed by atoms with Crippen molar-refractivity contribution in [3.05, 3.63) is 71.0 Å². The number of halogens is 3. The van der Waals surface area contributed by atoms with Crippen LogP contribution in [0.5, 0.6) is 11.5 Å². The molecule has 0 saturated heterocycles. The van der Waals surface area contributed by atoms with Gasteiger partial charge in [-0.1, -0.05) is 24.3 Å². The second kappa shape index (κ2) is 8.55. The number of fused-ring (bicyclic) bond motifs is 1. The van der Waals surface area contributed by atoms with E-state index in [0.29, 0.717) is 30.2 Å². The Hall–Kier alpha value is -3.13. The SMILES string of the molecule is COc1cccc(CN2CCc3nc(-c4ccc(C(F)(F)F)cc4)ncc3C2)c1OC. The lowest BCUT2D eigenvalue weighted by Crippen LogP contribution is -2.31. The van der Waals surface area contributed by atoms with E-state index < -0.39 is 11.7 Å². The predicted molar refractivity (Wildman–Crippen MR) is 110 cm³/mol. The molecule has 0 N–H and O–H groups in total. The highest BCUT2D eigenvalue weighted by Crippen LogP contribution is 2.33. The standard InChI is InChI=1S/C23H22F3N3O2/c1-30-20-5-3-4-16(21(20)31-2)13-29-11-10-19-17(14-29)12-27-22(28-19)15-6-8-18(9-7-15)23(24,25)26/h3-9,12H,10-11,13-14H2,1-2H3. The Morgan fingerprint density at radius 3 is 2.48 bits per heavy atom. The van der Waals surface area contributed by atoms with E-state index in [0.717, 1.165) is 47.7 Å². The number of aromatic nitrogens is 2. The van der Waals surface area contributed by atoms with E-state index >= 15 is 0 Å². The Balaban J connectivity index is 1.50. The maximum atomic E-state index is 12.8. The Labute approximate surface area is 178 Å². The molecular weight excluding hydrogens is 407 g/mol. The number of benzene rings is 2. The van der Waals surface area contributed by atoms with Gasteiger partial charge in [0, 0.05) is 48.9 Å². The summed E-state index contributed by atoms with van der Waals surface area (Å²) in [7, 11) is 3.24. The number of nitrogens with zero attached hydrogens (tertiary/aromatic N) is 3. The van der Waals surface area contributed by atoms with Crippen LogP contribution in [0.2, 0.25) is 0 Å². The minimum Gasteiger partial charge on any atom is -0.493 e. The molecule has 0 atom stereocenters. The van der Waals surface area contributed by atoms with Gasteiger partial charge in [-0.15, -0.1) is 0 Å². The smallest absolute Gasteiger partial charge is 0.416 e. The molecule has 1 aliphatic rings. The Bertz CT molecular complexity index is 1070.